The third-order valence-electron chi connectivity index (χ3n) is 7.37. The molecule has 186 valence electrons. The first-order chi connectivity index (χ1) is 18.1. The van der Waals surface area contributed by atoms with Crippen molar-refractivity contribution in [2.75, 3.05) is 11.4 Å². The van der Waals surface area contributed by atoms with E-state index in [1.54, 1.807) is 29.2 Å². The van der Waals surface area contributed by atoms with Crippen molar-refractivity contribution in [2.45, 2.75) is 38.3 Å². The van der Waals surface area contributed by atoms with Gasteiger partial charge in [-0.2, -0.15) is 0 Å². The van der Waals surface area contributed by atoms with Crippen LogP contribution in [0.15, 0.2) is 78.9 Å². The number of nitrogens with one attached hydrogen (secondary N) is 2. The number of aromatic amines is 1. The SMILES string of the molecule is CCCCNC(=O)c1ccccc1N1C(=O)[C@@H]2Cc3c([nH]c4ccccc34)[C@H](c3ccccc3)N2C1=O. The van der Waals surface area contributed by atoms with E-state index in [-0.39, 0.29) is 11.8 Å². The molecule has 0 bridgehead atoms. The number of amides is 4. The van der Waals surface area contributed by atoms with Crippen LogP contribution in [0.4, 0.5) is 10.5 Å². The van der Waals surface area contributed by atoms with E-state index >= 15 is 0 Å². The Morgan fingerprint density at radius 1 is 0.973 bits per heavy atom. The number of benzene rings is 3. The quantitative estimate of drug-likeness (QED) is 0.287. The molecule has 0 unspecified atom stereocenters. The number of carbonyl (C=O) groups excluding carboxylic acids is 3. The Labute approximate surface area is 215 Å². The van der Waals surface area contributed by atoms with Crippen molar-refractivity contribution in [3.63, 3.8) is 0 Å². The van der Waals surface area contributed by atoms with E-state index in [2.05, 4.69) is 23.3 Å². The Hall–Kier alpha value is -4.39. The molecule has 7 heteroatoms. The molecule has 1 aromatic heterocycles. The summed E-state index contributed by atoms with van der Waals surface area (Å²) in [5.74, 6) is -0.596. The van der Waals surface area contributed by atoms with E-state index in [1.165, 1.54) is 4.90 Å². The highest BCUT2D eigenvalue weighted by Gasteiger charge is 2.53. The number of para-hydroxylation sites is 2. The molecule has 4 aromatic rings. The monoisotopic (exact) mass is 492 g/mol. The van der Waals surface area contributed by atoms with E-state index in [0.717, 1.165) is 40.6 Å². The van der Waals surface area contributed by atoms with Gasteiger partial charge in [0.05, 0.1) is 11.3 Å². The van der Waals surface area contributed by atoms with Crippen molar-refractivity contribution in [2.24, 2.45) is 0 Å². The lowest BCUT2D eigenvalue weighted by Gasteiger charge is -2.36. The molecule has 1 fully saturated rings. The average Bonchev–Trinajstić information content (AvgIpc) is 3.42. The fourth-order valence-corrected chi connectivity index (χ4v) is 5.61. The van der Waals surface area contributed by atoms with Crippen LogP contribution in [0.5, 0.6) is 0 Å². The molecule has 2 aliphatic rings. The zero-order valence-corrected chi connectivity index (χ0v) is 20.6. The third kappa shape index (κ3) is 3.69. The van der Waals surface area contributed by atoms with Crippen LogP contribution in [-0.4, -0.2) is 40.3 Å². The first-order valence-electron chi connectivity index (χ1n) is 12.8. The number of urea groups is 1. The summed E-state index contributed by atoms with van der Waals surface area (Å²) < 4.78 is 0. The largest absolute Gasteiger partial charge is 0.356 e. The van der Waals surface area contributed by atoms with Crippen molar-refractivity contribution in [3.05, 3.63) is 101 Å². The fraction of sp³-hybridized carbons (Fsp3) is 0.233. The molecule has 1 saturated heterocycles. The van der Waals surface area contributed by atoms with Gasteiger partial charge in [-0.1, -0.05) is 74.0 Å². The smallest absolute Gasteiger partial charge is 0.332 e. The number of unbranched alkanes of at least 4 members (excludes halogenated alkanes) is 1. The van der Waals surface area contributed by atoms with Gasteiger partial charge in [0.15, 0.2) is 0 Å². The molecule has 2 N–H and O–H groups in total. The summed E-state index contributed by atoms with van der Waals surface area (Å²) in [5, 5.41) is 3.98. The standard InChI is InChI=1S/C30H28N4O3/c1-2-3-17-31-28(35)21-14-8-10-16-24(21)34-29(36)25-18-22-20-13-7-9-15-23(20)32-26(22)27(33(25)30(34)37)19-11-5-4-6-12-19/h4-16,25,27,32H,2-3,17-18H2,1H3,(H,31,35)/t25-,27-/m0/s1. The van der Waals surface area contributed by atoms with E-state index < -0.39 is 18.1 Å². The van der Waals surface area contributed by atoms with Gasteiger partial charge in [0.25, 0.3) is 11.8 Å². The number of H-pyrrole nitrogens is 1. The van der Waals surface area contributed by atoms with Crippen LogP contribution in [0.3, 0.4) is 0 Å². The highest BCUT2D eigenvalue weighted by atomic mass is 16.2. The predicted molar refractivity (Wildman–Crippen MR) is 142 cm³/mol. The summed E-state index contributed by atoms with van der Waals surface area (Å²) in [5.41, 5.74) is 4.53. The van der Waals surface area contributed by atoms with Gasteiger partial charge in [-0.3, -0.25) is 14.5 Å². The lowest BCUT2D eigenvalue weighted by atomic mass is 9.89. The Morgan fingerprint density at radius 2 is 1.70 bits per heavy atom. The Kier molecular flexibility index (Phi) is 5.75. The maximum Gasteiger partial charge on any atom is 0.332 e. The summed E-state index contributed by atoms with van der Waals surface area (Å²) in [4.78, 5) is 47.5. The Morgan fingerprint density at radius 3 is 2.51 bits per heavy atom. The molecule has 37 heavy (non-hydrogen) atoms. The second-order valence-corrected chi connectivity index (χ2v) is 9.59. The first-order valence-corrected chi connectivity index (χ1v) is 12.8. The number of hydrogen-bond acceptors (Lipinski definition) is 3. The minimum Gasteiger partial charge on any atom is -0.356 e. The molecule has 4 amide bonds. The molecule has 0 radical (unpaired) electrons. The van der Waals surface area contributed by atoms with Gasteiger partial charge in [0.2, 0.25) is 0 Å². The second-order valence-electron chi connectivity index (χ2n) is 9.59. The van der Waals surface area contributed by atoms with Crippen molar-refractivity contribution < 1.29 is 14.4 Å². The summed E-state index contributed by atoms with van der Waals surface area (Å²) in [6.07, 6.45) is 2.22. The van der Waals surface area contributed by atoms with E-state index in [9.17, 15) is 14.4 Å². The third-order valence-corrected chi connectivity index (χ3v) is 7.37. The zero-order valence-electron chi connectivity index (χ0n) is 20.6. The molecule has 2 aliphatic heterocycles. The van der Waals surface area contributed by atoms with Crippen molar-refractivity contribution in [1.29, 1.82) is 0 Å². The number of imide groups is 1. The van der Waals surface area contributed by atoms with Crippen LogP contribution >= 0.6 is 0 Å². The zero-order chi connectivity index (χ0) is 25.5. The molecule has 0 spiro atoms. The molecule has 6 rings (SSSR count). The van der Waals surface area contributed by atoms with Crippen LogP contribution in [0.1, 0.15) is 53.0 Å². The van der Waals surface area contributed by atoms with Gasteiger partial charge >= 0.3 is 6.03 Å². The van der Waals surface area contributed by atoms with Crippen molar-refractivity contribution in [3.8, 4) is 0 Å². The fourth-order valence-electron chi connectivity index (χ4n) is 5.61. The topological polar surface area (TPSA) is 85.5 Å². The molecular formula is C30H28N4O3. The van der Waals surface area contributed by atoms with Crippen LogP contribution in [0, 0.1) is 0 Å². The van der Waals surface area contributed by atoms with Gasteiger partial charge in [-0.05, 0) is 35.7 Å². The number of aromatic nitrogens is 1. The molecular weight excluding hydrogens is 464 g/mol. The number of fused-ring (bicyclic) bond motifs is 4. The van der Waals surface area contributed by atoms with Gasteiger partial charge < -0.3 is 10.3 Å². The number of nitrogens with zero attached hydrogens (tertiary/aromatic N) is 2. The minimum atomic E-state index is -0.666. The highest BCUT2D eigenvalue weighted by molar-refractivity contribution is 6.24. The molecule has 2 atom stereocenters. The number of anilines is 1. The maximum absolute atomic E-state index is 14.1. The number of hydrogen-bond donors (Lipinski definition) is 2. The van der Waals surface area contributed by atoms with Gasteiger partial charge in [-0.15, -0.1) is 0 Å². The number of rotatable bonds is 6. The van der Waals surface area contributed by atoms with Crippen molar-refractivity contribution >= 4 is 34.4 Å². The molecule has 3 heterocycles. The van der Waals surface area contributed by atoms with Crippen molar-refractivity contribution in [1.82, 2.24) is 15.2 Å². The second kappa shape index (κ2) is 9.24. The summed E-state index contributed by atoms with van der Waals surface area (Å²) in [6.45, 7) is 2.60. The predicted octanol–water partition coefficient (Wildman–Crippen LogP) is 5.18. The van der Waals surface area contributed by atoms with Gasteiger partial charge in [0.1, 0.15) is 12.1 Å². The first kappa shape index (κ1) is 23.0. The van der Waals surface area contributed by atoms with E-state index in [4.69, 9.17) is 0 Å². The molecule has 7 nitrogen and oxygen atoms in total. The summed E-state index contributed by atoms with van der Waals surface area (Å²) >= 11 is 0. The minimum absolute atomic E-state index is 0.287. The highest BCUT2D eigenvalue weighted by Crippen LogP contribution is 2.45. The van der Waals surface area contributed by atoms with Crippen LogP contribution in [0.2, 0.25) is 0 Å². The Bertz CT molecular complexity index is 1510. The maximum atomic E-state index is 14.1. The number of carbonyl (C=O) groups is 3. The average molecular weight is 493 g/mol. The lowest BCUT2D eigenvalue weighted by Crippen LogP contribution is -2.44. The normalized spacial score (nSPS) is 18.7. The lowest BCUT2D eigenvalue weighted by molar-refractivity contribution is -0.120. The van der Waals surface area contributed by atoms with Gasteiger partial charge in [0, 0.05) is 29.6 Å². The Balaban J connectivity index is 1.45. The van der Waals surface area contributed by atoms with E-state index in [1.807, 2.05) is 48.5 Å². The van der Waals surface area contributed by atoms with Gasteiger partial charge in [-0.25, -0.2) is 9.69 Å². The van der Waals surface area contributed by atoms with Crippen LogP contribution in [0.25, 0.3) is 10.9 Å². The van der Waals surface area contributed by atoms with E-state index in [0.29, 0.717) is 24.2 Å². The van der Waals surface area contributed by atoms with Crippen LogP contribution in [-0.2, 0) is 11.2 Å². The summed E-state index contributed by atoms with van der Waals surface area (Å²) in [7, 11) is 0. The van der Waals surface area contributed by atoms with Crippen LogP contribution < -0.4 is 10.2 Å². The molecule has 0 aliphatic carbocycles. The molecule has 0 saturated carbocycles. The summed E-state index contributed by atoms with van der Waals surface area (Å²) in [6, 6.07) is 23.1. The molecule has 3 aromatic carbocycles.